The topological polar surface area (TPSA) is 84.1 Å². The number of likely N-dealkylation sites (N-methyl/N-ethyl adjacent to an activating group) is 1. The number of anilines is 1. The van der Waals surface area contributed by atoms with E-state index in [2.05, 4.69) is 20.2 Å². The molecule has 1 unspecified atom stereocenters. The van der Waals surface area contributed by atoms with E-state index in [1.54, 1.807) is 6.20 Å². The molecule has 1 saturated heterocycles. The van der Waals surface area contributed by atoms with Crippen LogP contribution in [0.2, 0.25) is 0 Å². The van der Waals surface area contributed by atoms with Gasteiger partial charge in [-0.05, 0) is 19.9 Å². The summed E-state index contributed by atoms with van der Waals surface area (Å²) in [5.74, 6) is 0.0842. The highest BCUT2D eigenvalue weighted by Crippen LogP contribution is 2.25. The fourth-order valence-electron chi connectivity index (χ4n) is 2.28. The van der Waals surface area contributed by atoms with Crippen molar-refractivity contribution in [2.24, 2.45) is 5.73 Å². The van der Waals surface area contributed by atoms with E-state index in [1.807, 2.05) is 7.05 Å². The Morgan fingerprint density at radius 1 is 1.59 bits per heavy atom. The van der Waals surface area contributed by atoms with Gasteiger partial charge in [-0.25, -0.2) is 9.97 Å². The van der Waals surface area contributed by atoms with E-state index in [4.69, 9.17) is 5.73 Å². The summed E-state index contributed by atoms with van der Waals surface area (Å²) < 4.78 is 0. The third kappa shape index (κ3) is 2.36. The number of amides is 1. The van der Waals surface area contributed by atoms with Crippen LogP contribution in [-0.4, -0.2) is 42.1 Å². The summed E-state index contributed by atoms with van der Waals surface area (Å²) in [6, 6.07) is 0.356. The first kappa shape index (κ1) is 11.8. The quantitative estimate of drug-likeness (QED) is 0.752. The predicted octanol–water partition coefficient (Wildman–Crippen LogP) is -0.236. The van der Waals surface area contributed by atoms with Crippen LogP contribution >= 0.6 is 0 Å². The van der Waals surface area contributed by atoms with Crippen LogP contribution in [0, 0.1) is 0 Å². The van der Waals surface area contributed by atoms with Gasteiger partial charge in [-0.15, -0.1) is 0 Å². The summed E-state index contributed by atoms with van der Waals surface area (Å²) in [6.45, 7) is 1.76. The van der Waals surface area contributed by atoms with E-state index >= 15 is 0 Å². The number of hydrogen-bond acceptors (Lipinski definition) is 5. The van der Waals surface area contributed by atoms with Gasteiger partial charge < -0.3 is 16.0 Å². The third-order valence-corrected chi connectivity index (χ3v) is 3.00. The molecule has 0 aromatic carbocycles. The SMILES string of the molecule is CNCC1CCCN1c1nccnc1C(N)=O. The van der Waals surface area contributed by atoms with Crippen molar-refractivity contribution in [3.8, 4) is 0 Å². The zero-order valence-electron chi connectivity index (χ0n) is 9.89. The molecule has 2 heterocycles. The molecule has 0 saturated carbocycles. The Bertz CT molecular complexity index is 409. The van der Waals surface area contributed by atoms with Gasteiger partial charge in [0, 0.05) is 31.5 Å². The van der Waals surface area contributed by atoms with E-state index in [9.17, 15) is 4.79 Å². The molecule has 17 heavy (non-hydrogen) atoms. The minimum atomic E-state index is -0.525. The smallest absolute Gasteiger partial charge is 0.271 e. The zero-order chi connectivity index (χ0) is 12.3. The van der Waals surface area contributed by atoms with Gasteiger partial charge in [0.25, 0.3) is 5.91 Å². The average molecular weight is 235 g/mol. The first-order valence-electron chi connectivity index (χ1n) is 5.76. The molecule has 3 N–H and O–H groups in total. The minimum absolute atomic E-state index is 0.260. The molecule has 1 aliphatic heterocycles. The van der Waals surface area contributed by atoms with Crippen LogP contribution in [0.15, 0.2) is 12.4 Å². The first-order valence-corrected chi connectivity index (χ1v) is 5.76. The van der Waals surface area contributed by atoms with Crippen molar-refractivity contribution in [2.45, 2.75) is 18.9 Å². The van der Waals surface area contributed by atoms with Gasteiger partial charge in [0.1, 0.15) is 0 Å². The second kappa shape index (κ2) is 5.09. The number of aromatic nitrogens is 2. The van der Waals surface area contributed by atoms with Crippen molar-refractivity contribution in [2.75, 3.05) is 25.0 Å². The third-order valence-electron chi connectivity index (χ3n) is 3.00. The molecular formula is C11H17N5O. The second-order valence-electron chi connectivity index (χ2n) is 4.14. The van der Waals surface area contributed by atoms with E-state index in [0.717, 1.165) is 25.9 Å². The van der Waals surface area contributed by atoms with Crippen molar-refractivity contribution < 1.29 is 4.79 Å². The molecule has 1 amide bonds. The fourth-order valence-corrected chi connectivity index (χ4v) is 2.28. The summed E-state index contributed by atoms with van der Waals surface area (Å²) in [6.07, 6.45) is 5.28. The Balaban J connectivity index is 2.29. The van der Waals surface area contributed by atoms with E-state index in [-0.39, 0.29) is 5.69 Å². The maximum absolute atomic E-state index is 11.3. The monoisotopic (exact) mass is 235 g/mol. The molecule has 1 fully saturated rings. The number of carbonyl (C=O) groups excluding carboxylic acids is 1. The van der Waals surface area contributed by atoms with Gasteiger partial charge in [-0.3, -0.25) is 4.79 Å². The van der Waals surface area contributed by atoms with E-state index < -0.39 is 5.91 Å². The van der Waals surface area contributed by atoms with Crippen LogP contribution in [0.3, 0.4) is 0 Å². The lowest BCUT2D eigenvalue weighted by Crippen LogP contribution is -2.38. The van der Waals surface area contributed by atoms with E-state index in [1.165, 1.54) is 6.20 Å². The number of hydrogen-bond donors (Lipinski definition) is 2. The lowest BCUT2D eigenvalue weighted by molar-refractivity contribution is 0.0995. The second-order valence-corrected chi connectivity index (χ2v) is 4.14. The molecule has 1 aliphatic rings. The van der Waals surface area contributed by atoms with Gasteiger partial charge in [0.05, 0.1) is 0 Å². The molecule has 92 valence electrons. The zero-order valence-corrected chi connectivity index (χ0v) is 9.89. The Labute approximate surface area is 100 Å². The molecule has 0 radical (unpaired) electrons. The molecule has 1 atom stereocenters. The normalized spacial score (nSPS) is 19.6. The van der Waals surface area contributed by atoms with Crippen LogP contribution in [0.4, 0.5) is 5.82 Å². The van der Waals surface area contributed by atoms with Gasteiger partial charge in [0.2, 0.25) is 0 Å². The molecular weight excluding hydrogens is 218 g/mol. The molecule has 0 bridgehead atoms. The number of primary amides is 1. The molecule has 1 aromatic rings. The fraction of sp³-hybridized carbons (Fsp3) is 0.545. The van der Waals surface area contributed by atoms with Crippen molar-refractivity contribution in [1.29, 1.82) is 0 Å². The summed E-state index contributed by atoms with van der Waals surface area (Å²) in [5.41, 5.74) is 5.58. The van der Waals surface area contributed by atoms with Crippen molar-refractivity contribution in [3.05, 3.63) is 18.1 Å². The predicted molar refractivity (Wildman–Crippen MR) is 64.8 cm³/mol. The molecule has 0 aliphatic carbocycles. The van der Waals surface area contributed by atoms with Crippen LogP contribution in [-0.2, 0) is 0 Å². The van der Waals surface area contributed by atoms with E-state index in [0.29, 0.717) is 11.9 Å². The maximum atomic E-state index is 11.3. The number of rotatable bonds is 4. The van der Waals surface area contributed by atoms with Crippen LogP contribution in [0.1, 0.15) is 23.3 Å². The van der Waals surface area contributed by atoms with Gasteiger partial charge in [-0.2, -0.15) is 0 Å². The Morgan fingerprint density at radius 3 is 3.06 bits per heavy atom. The number of carbonyl (C=O) groups is 1. The van der Waals surface area contributed by atoms with Crippen molar-refractivity contribution in [1.82, 2.24) is 15.3 Å². The maximum Gasteiger partial charge on any atom is 0.271 e. The van der Waals surface area contributed by atoms with Gasteiger partial charge in [-0.1, -0.05) is 0 Å². The molecule has 2 rings (SSSR count). The molecule has 6 heteroatoms. The van der Waals surface area contributed by atoms with Crippen LogP contribution in [0.5, 0.6) is 0 Å². The van der Waals surface area contributed by atoms with Crippen LogP contribution < -0.4 is 16.0 Å². The first-order chi connectivity index (χ1) is 8.24. The van der Waals surface area contributed by atoms with Crippen molar-refractivity contribution in [3.63, 3.8) is 0 Å². The lowest BCUT2D eigenvalue weighted by Gasteiger charge is -2.26. The molecule has 1 aromatic heterocycles. The largest absolute Gasteiger partial charge is 0.364 e. The number of nitrogens with two attached hydrogens (primary N) is 1. The minimum Gasteiger partial charge on any atom is -0.364 e. The molecule has 0 spiro atoms. The summed E-state index contributed by atoms with van der Waals surface area (Å²) in [4.78, 5) is 21.7. The molecule has 6 nitrogen and oxygen atoms in total. The Hall–Kier alpha value is -1.69. The highest BCUT2D eigenvalue weighted by atomic mass is 16.1. The number of nitrogens with zero attached hydrogens (tertiary/aromatic N) is 3. The van der Waals surface area contributed by atoms with Gasteiger partial charge in [0.15, 0.2) is 11.5 Å². The lowest BCUT2D eigenvalue weighted by atomic mass is 10.2. The summed E-state index contributed by atoms with van der Waals surface area (Å²) >= 11 is 0. The Kier molecular flexibility index (Phi) is 3.53. The summed E-state index contributed by atoms with van der Waals surface area (Å²) in [7, 11) is 1.92. The highest BCUT2D eigenvalue weighted by molar-refractivity contribution is 5.95. The summed E-state index contributed by atoms with van der Waals surface area (Å²) in [5, 5.41) is 3.15. The van der Waals surface area contributed by atoms with Crippen LogP contribution in [0.25, 0.3) is 0 Å². The Morgan fingerprint density at radius 2 is 2.35 bits per heavy atom. The number of nitrogens with one attached hydrogen (secondary N) is 1. The van der Waals surface area contributed by atoms with Gasteiger partial charge >= 0.3 is 0 Å². The standard InChI is InChI=1S/C11H17N5O/c1-13-7-8-3-2-6-16(8)11-9(10(12)17)14-4-5-15-11/h4-5,8,13H,2-3,6-7H2,1H3,(H2,12,17). The highest BCUT2D eigenvalue weighted by Gasteiger charge is 2.28. The average Bonchev–Trinajstić information content (AvgIpc) is 2.77. The van der Waals surface area contributed by atoms with Crippen molar-refractivity contribution >= 4 is 11.7 Å².